The highest BCUT2D eigenvalue weighted by Crippen LogP contribution is 2.07. The van der Waals surface area contributed by atoms with Gasteiger partial charge in [0, 0.05) is 17.6 Å². The summed E-state index contributed by atoms with van der Waals surface area (Å²) in [6, 6.07) is 1.90. The molecular weight excluding hydrogens is 245 g/mol. The summed E-state index contributed by atoms with van der Waals surface area (Å²) in [5, 5.41) is 3.79. The highest BCUT2D eigenvalue weighted by molar-refractivity contribution is 14.1. The van der Waals surface area contributed by atoms with Crippen molar-refractivity contribution in [3.8, 4) is 0 Å². The second-order valence-electron chi connectivity index (χ2n) is 1.85. The topological polar surface area (TPSA) is 35.3 Å². The summed E-state index contributed by atoms with van der Waals surface area (Å²) in [6.07, 6.45) is 0. The van der Waals surface area contributed by atoms with E-state index in [0.29, 0.717) is 6.61 Å². The maximum Gasteiger partial charge on any atom is 0.162 e. The van der Waals surface area contributed by atoms with Crippen LogP contribution in [0.5, 0.6) is 0 Å². The van der Waals surface area contributed by atoms with Crippen LogP contribution < -0.4 is 0 Å². The fourth-order valence-electron chi connectivity index (χ4n) is 0.629. The molecule has 1 aromatic rings. The molecule has 1 rings (SSSR count). The zero-order chi connectivity index (χ0) is 7.40. The number of hydrogen-bond donors (Lipinski definition) is 0. The second kappa shape index (κ2) is 3.92. The Morgan fingerprint density at radius 1 is 1.80 bits per heavy atom. The average molecular weight is 253 g/mol. The molecule has 0 fully saturated rings. The van der Waals surface area contributed by atoms with E-state index in [9.17, 15) is 0 Å². The third kappa shape index (κ3) is 1.95. The predicted molar refractivity (Wildman–Crippen MR) is 44.9 cm³/mol. The molecule has 1 aromatic heterocycles. The van der Waals surface area contributed by atoms with Gasteiger partial charge in [0.2, 0.25) is 0 Å². The SMILES string of the molecule is COCc1cc(CI)no1. The summed E-state index contributed by atoms with van der Waals surface area (Å²) in [6.45, 7) is 0.504. The van der Waals surface area contributed by atoms with Gasteiger partial charge in [-0.2, -0.15) is 0 Å². The van der Waals surface area contributed by atoms with Crippen molar-refractivity contribution >= 4 is 22.6 Å². The number of ether oxygens (including phenoxy) is 1. The Labute approximate surface area is 72.9 Å². The maximum atomic E-state index is 4.92. The van der Waals surface area contributed by atoms with Gasteiger partial charge in [0.1, 0.15) is 6.61 Å². The van der Waals surface area contributed by atoms with E-state index in [1.165, 1.54) is 0 Å². The van der Waals surface area contributed by atoms with E-state index in [0.717, 1.165) is 15.9 Å². The lowest BCUT2D eigenvalue weighted by molar-refractivity contribution is 0.156. The molecule has 0 bridgehead atoms. The monoisotopic (exact) mass is 253 g/mol. The molecular formula is C6H8INO2. The van der Waals surface area contributed by atoms with E-state index in [2.05, 4.69) is 27.7 Å². The molecule has 0 saturated carbocycles. The first-order valence-electron chi connectivity index (χ1n) is 2.86. The quantitative estimate of drug-likeness (QED) is 0.608. The lowest BCUT2D eigenvalue weighted by Gasteiger charge is -1.87. The van der Waals surface area contributed by atoms with Crippen molar-refractivity contribution in [2.45, 2.75) is 11.0 Å². The Kier molecular flexibility index (Phi) is 3.14. The van der Waals surface area contributed by atoms with Gasteiger partial charge < -0.3 is 9.26 Å². The molecule has 0 amide bonds. The van der Waals surface area contributed by atoms with Gasteiger partial charge in [-0.1, -0.05) is 27.7 Å². The first-order valence-corrected chi connectivity index (χ1v) is 4.38. The lowest BCUT2D eigenvalue weighted by Crippen LogP contribution is -1.81. The van der Waals surface area contributed by atoms with Gasteiger partial charge in [-0.05, 0) is 0 Å². The Morgan fingerprint density at radius 3 is 3.10 bits per heavy atom. The molecule has 0 aliphatic heterocycles. The number of aromatic nitrogens is 1. The number of halogens is 1. The molecule has 0 N–H and O–H groups in total. The van der Waals surface area contributed by atoms with Crippen LogP contribution in [0.1, 0.15) is 11.5 Å². The molecule has 0 saturated heterocycles. The Hall–Kier alpha value is -0.100. The third-order valence-corrected chi connectivity index (χ3v) is 1.81. The minimum absolute atomic E-state index is 0.504. The van der Waals surface area contributed by atoms with Gasteiger partial charge in [-0.25, -0.2) is 0 Å². The van der Waals surface area contributed by atoms with Crippen LogP contribution in [0.15, 0.2) is 10.6 Å². The van der Waals surface area contributed by atoms with Crippen LogP contribution in [0, 0.1) is 0 Å². The van der Waals surface area contributed by atoms with Gasteiger partial charge in [0.05, 0.1) is 5.69 Å². The average Bonchev–Trinajstić information content (AvgIpc) is 2.37. The summed E-state index contributed by atoms with van der Waals surface area (Å²) < 4.78 is 10.6. The zero-order valence-electron chi connectivity index (χ0n) is 5.63. The minimum atomic E-state index is 0.504. The van der Waals surface area contributed by atoms with Gasteiger partial charge in [-0.15, -0.1) is 0 Å². The highest BCUT2D eigenvalue weighted by Gasteiger charge is 2.00. The Morgan fingerprint density at radius 2 is 2.60 bits per heavy atom. The normalized spacial score (nSPS) is 10.2. The van der Waals surface area contributed by atoms with Crippen molar-refractivity contribution in [1.82, 2.24) is 5.16 Å². The minimum Gasteiger partial charge on any atom is -0.377 e. The van der Waals surface area contributed by atoms with Crippen LogP contribution >= 0.6 is 22.6 Å². The van der Waals surface area contributed by atoms with Crippen molar-refractivity contribution in [2.24, 2.45) is 0 Å². The van der Waals surface area contributed by atoms with E-state index < -0.39 is 0 Å². The van der Waals surface area contributed by atoms with Gasteiger partial charge in [0.25, 0.3) is 0 Å². The molecule has 0 aliphatic rings. The van der Waals surface area contributed by atoms with Gasteiger partial charge in [-0.3, -0.25) is 0 Å². The van der Waals surface area contributed by atoms with Crippen LogP contribution in [0.3, 0.4) is 0 Å². The molecule has 0 aliphatic carbocycles. The van der Waals surface area contributed by atoms with E-state index in [1.807, 2.05) is 6.07 Å². The summed E-state index contributed by atoms with van der Waals surface area (Å²) >= 11 is 2.23. The molecule has 0 radical (unpaired) electrons. The van der Waals surface area contributed by atoms with Crippen molar-refractivity contribution in [1.29, 1.82) is 0 Å². The van der Waals surface area contributed by atoms with Gasteiger partial charge >= 0.3 is 0 Å². The first kappa shape index (κ1) is 8.00. The lowest BCUT2D eigenvalue weighted by atomic mass is 10.4. The van der Waals surface area contributed by atoms with Gasteiger partial charge in [0.15, 0.2) is 5.76 Å². The number of nitrogens with zero attached hydrogens (tertiary/aromatic N) is 1. The number of methoxy groups -OCH3 is 1. The van der Waals surface area contributed by atoms with E-state index in [1.54, 1.807) is 7.11 Å². The first-order chi connectivity index (χ1) is 4.86. The molecule has 0 atom stereocenters. The van der Waals surface area contributed by atoms with Crippen molar-refractivity contribution in [3.63, 3.8) is 0 Å². The number of rotatable bonds is 3. The molecule has 0 aromatic carbocycles. The van der Waals surface area contributed by atoms with E-state index >= 15 is 0 Å². The van der Waals surface area contributed by atoms with Crippen LogP contribution in [0.25, 0.3) is 0 Å². The van der Waals surface area contributed by atoms with E-state index in [4.69, 9.17) is 9.26 Å². The van der Waals surface area contributed by atoms with Crippen LogP contribution in [-0.4, -0.2) is 12.3 Å². The standard InChI is InChI=1S/C6H8INO2/c1-9-4-6-2-5(3-7)8-10-6/h2H,3-4H2,1H3. The van der Waals surface area contributed by atoms with Crippen LogP contribution in [0.2, 0.25) is 0 Å². The summed E-state index contributed by atoms with van der Waals surface area (Å²) in [5.41, 5.74) is 0.965. The fraction of sp³-hybridized carbons (Fsp3) is 0.500. The fourth-order valence-corrected chi connectivity index (χ4v) is 0.989. The highest BCUT2D eigenvalue weighted by atomic mass is 127. The second-order valence-corrected chi connectivity index (χ2v) is 2.61. The summed E-state index contributed by atoms with van der Waals surface area (Å²) in [5.74, 6) is 0.786. The molecule has 0 unspecified atom stereocenters. The molecule has 4 heteroatoms. The molecule has 3 nitrogen and oxygen atoms in total. The Balaban J connectivity index is 2.59. The molecule has 10 heavy (non-hydrogen) atoms. The van der Waals surface area contributed by atoms with Crippen LogP contribution in [0.4, 0.5) is 0 Å². The van der Waals surface area contributed by atoms with Crippen molar-refractivity contribution in [3.05, 3.63) is 17.5 Å². The largest absolute Gasteiger partial charge is 0.377 e. The molecule has 1 heterocycles. The zero-order valence-corrected chi connectivity index (χ0v) is 7.79. The van der Waals surface area contributed by atoms with E-state index in [-0.39, 0.29) is 0 Å². The molecule has 0 spiro atoms. The van der Waals surface area contributed by atoms with Crippen molar-refractivity contribution < 1.29 is 9.26 Å². The maximum absolute atomic E-state index is 4.92. The summed E-state index contributed by atoms with van der Waals surface area (Å²) in [7, 11) is 1.63. The smallest absolute Gasteiger partial charge is 0.162 e. The number of alkyl halides is 1. The van der Waals surface area contributed by atoms with Crippen LogP contribution in [-0.2, 0) is 15.8 Å². The van der Waals surface area contributed by atoms with Crippen molar-refractivity contribution in [2.75, 3.05) is 7.11 Å². The molecule has 56 valence electrons. The number of hydrogen-bond acceptors (Lipinski definition) is 3. The summed E-state index contributed by atoms with van der Waals surface area (Å²) in [4.78, 5) is 0. The Bertz CT molecular complexity index is 199. The third-order valence-electron chi connectivity index (χ3n) is 1.03. The predicted octanol–water partition coefficient (Wildman–Crippen LogP) is 1.76.